The number of carbonyl (C=O) groups excluding carboxylic acids is 1. The summed E-state index contributed by atoms with van der Waals surface area (Å²) in [4.78, 5) is 12.8. The summed E-state index contributed by atoms with van der Waals surface area (Å²) in [6.07, 6.45) is -0.989. The summed E-state index contributed by atoms with van der Waals surface area (Å²) in [6, 6.07) is 22.7. The molecule has 27 heavy (non-hydrogen) atoms. The van der Waals surface area contributed by atoms with E-state index in [-0.39, 0.29) is 5.91 Å². The third-order valence-corrected chi connectivity index (χ3v) is 4.21. The van der Waals surface area contributed by atoms with E-state index in [4.69, 9.17) is 10.00 Å². The van der Waals surface area contributed by atoms with Crippen molar-refractivity contribution in [1.82, 2.24) is 0 Å². The normalized spacial score (nSPS) is 11.3. The molecule has 5 nitrogen and oxygen atoms in total. The lowest BCUT2D eigenvalue weighted by Gasteiger charge is -2.16. The Labute approximate surface area is 157 Å². The molecule has 0 aromatic heterocycles. The number of anilines is 1. The van der Waals surface area contributed by atoms with Crippen LogP contribution in [0.2, 0.25) is 0 Å². The highest BCUT2D eigenvalue weighted by Crippen LogP contribution is 2.28. The first-order chi connectivity index (χ1) is 13.1. The van der Waals surface area contributed by atoms with E-state index < -0.39 is 6.10 Å². The number of benzene rings is 3. The van der Waals surface area contributed by atoms with Crippen LogP contribution in [0.15, 0.2) is 72.8 Å². The number of amides is 1. The van der Waals surface area contributed by atoms with Gasteiger partial charge in [0.25, 0.3) is 5.91 Å². The third kappa shape index (κ3) is 3.97. The third-order valence-electron chi connectivity index (χ3n) is 4.21. The van der Waals surface area contributed by atoms with E-state index in [1.54, 1.807) is 66.7 Å². The standard InChI is InChI=1S/C22H18N2O3/c1-27-20-9-5-4-8-19(20)24-22(26)18-7-3-2-6-17(18)21(25)16-12-10-15(14-23)11-13-16/h2-13,21,25H,1H3,(H,24,26). The largest absolute Gasteiger partial charge is 0.495 e. The van der Waals surface area contributed by atoms with Crippen LogP contribution >= 0.6 is 0 Å². The van der Waals surface area contributed by atoms with Crippen LogP contribution in [0.25, 0.3) is 0 Å². The molecule has 0 fully saturated rings. The van der Waals surface area contributed by atoms with Crippen molar-refractivity contribution >= 4 is 11.6 Å². The first-order valence-electron chi connectivity index (χ1n) is 8.35. The molecular weight excluding hydrogens is 340 g/mol. The van der Waals surface area contributed by atoms with Gasteiger partial charge in [-0.1, -0.05) is 42.5 Å². The molecule has 134 valence electrons. The highest BCUT2D eigenvalue weighted by molar-refractivity contribution is 6.06. The van der Waals surface area contributed by atoms with Gasteiger partial charge in [0.1, 0.15) is 11.9 Å². The average molecular weight is 358 g/mol. The predicted molar refractivity (Wildman–Crippen MR) is 103 cm³/mol. The number of nitriles is 1. The number of carbonyl (C=O) groups is 1. The summed E-state index contributed by atoms with van der Waals surface area (Å²) in [6.45, 7) is 0. The van der Waals surface area contributed by atoms with Crippen molar-refractivity contribution in [2.24, 2.45) is 0 Å². The number of hydrogen-bond donors (Lipinski definition) is 2. The zero-order chi connectivity index (χ0) is 19.2. The first kappa shape index (κ1) is 18.2. The predicted octanol–water partition coefficient (Wildman–Crippen LogP) is 3.90. The van der Waals surface area contributed by atoms with Gasteiger partial charge in [-0.25, -0.2) is 0 Å². The molecule has 1 atom stereocenters. The fraction of sp³-hybridized carbons (Fsp3) is 0.0909. The monoisotopic (exact) mass is 358 g/mol. The Morgan fingerprint density at radius 2 is 1.70 bits per heavy atom. The molecule has 0 saturated carbocycles. The number of methoxy groups -OCH3 is 1. The van der Waals surface area contributed by atoms with Crippen LogP contribution in [0.3, 0.4) is 0 Å². The van der Waals surface area contributed by atoms with E-state index in [0.29, 0.717) is 33.7 Å². The zero-order valence-corrected chi connectivity index (χ0v) is 14.7. The molecule has 0 bridgehead atoms. The molecule has 1 amide bonds. The number of para-hydroxylation sites is 2. The number of hydrogen-bond acceptors (Lipinski definition) is 4. The molecule has 1 unspecified atom stereocenters. The van der Waals surface area contributed by atoms with Crippen molar-refractivity contribution in [3.05, 3.63) is 95.1 Å². The van der Waals surface area contributed by atoms with Crippen LogP contribution in [0.4, 0.5) is 5.69 Å². The van der Waals surface area contributed by atoms with Gasteiger partial charge in [-0.2, -0.15) is 5.26 Å². The summed E-state index contributed by atoms with van der Waals surface area (Å²) >= 11 is 0. The smallest absolute Gasteiger partial charge is 0.256 e. The highest BCUT2D eigenvalue weighted by Gasteiger charge is 2.19. The van der Waals surface area contributed by atoms with Crippen LogP contribution in [0.5, 0.6) is 5.75 Å². The second-order valence-corrected chi connectivity index (χ2v) is 5.88. The number of aliphatic hydroxyl groups is 1. The SMILES string of the molecule is COc1ccccc1NC(=O)c1ccccc1C(O)c1ccc(C#N)cc1. The second kappa shape index (κ2) is 8.17. The number of nitrogens with one attached hydrogen (secondary N) is 1. The molecule has 3 aromatic rings. The van der Waals surface area contributed by atoms with Crippen LogP contribution in [0.1, 0.15) is 33.2 Å². The molecule has 0 heterocycles. The van der Waals surface area contributed by atoms with Gasteiger partial charge in [-0.3, -0.25) is 4.79 Å². The van der Waals surface area contributed by atoms with Gasteiger partial charge >= 0.3 is 0 Å². The molecule has 3 aromatic carbocycles. The Morgan fingerprint density at radius 1 is 1.04 bits per heavy atom. The van der Waals surface area contributed by atoms with Crippen molar-refractivity contribution in [3.8, 4) is 11.8 Å². The van der Waals surface area contributed by atoms with Crippen LogP contribution < -0.4 is 10.1 Å². The van der Waals surface area contributed by atoms with Crippen molar-refractivity contribution in [2.45, 2.75) is 6.10 Å². The molecule has 0 aliphatic rings. The van der Waals surface area contributed by atoms with Crippen molar-refractivity contribution < 1.29 is 14.6 Å². The fourth-order valence-electron chi connectivity index (χ4n) is 2.80. The molecule has 2 N–H and O–H groups in total. The molecule has 0 aliphatic heterocycles. The Bertz CT molecular complexity index is 991. The van der Waals surface area contributed by atoms with Gasteiger partial charge in [0.2, 0.25) is 0 Å². The number of rotatable bonds is 5. The van der Waals surface area contributed by atoms with E-state index in [0.717, 1.165) is 0 Å². The fourth-order valence-corrected chi connectivity index (χ4v) is 2.80. The maximum Gasteiger partial charge on any atom is 0.256 e. The minimum Gasteiger partial charge on any atom is -0.495 e. The summed E-state index contributed by atoms with van der Waals surface area (Å²) in [5.41, 5.74) is 2.50. The minimum absolute atomic E-state index is 0.345. The molecule has 0 spiro atoms. The van der Waals surface area contributed by atoms with Crippen LogP contribution in [-0.4, -0.2) is 18.1 Å². The van der Waals surface area contributed by atoms with E-state index in [9.17, 15) is 9.90 Å². The Kier molecular flexibility index (Phi) is 5.50. The molecule has 0 aliphatic carbocycles. The topological polar surface area (TPSA) is 82.3 Å². The number of aliphatic hydroxyl groups excluding tert-OH is 1. The maximum atomic E-state index is 12.8. The molecule has 0 radical (unpaired) electrons. The van der Waals surface area contributed by atoms with E-state index in [1.807, 2.05) is 12.1 Å². The molecule has 0 saturated heterocycles. The first-order valence-corrected chi connectivity index (χ1v) is 8.35. The van der Waals surface area contributed by atoms with Gasteiger partial charge in [-0.15, -0.1) is 0 Å². The maximum absolute atomic E-state index is 12.8. The summed E-state index contributed by atoms with van der Waals surface area (Å²) in [7, 11) is 1.54. The van der Waals surface area contributed by atoms with Gasteiger partial charge in [0, 0.05) is 5.56 Å². The lowest BCUT2D eigenvalue weighted by atomic mass is 9.95. The van der Waals surface area contributed by atoms with Crippen molar-refractivity contribution in [1.29, 1.82) is 5.26 Å². The second-order valence-electron chi connectivity index (χ2n) is 5.88. The summed E-state index contributed by atoms with van der Waals surface area (Å²) < 4.78 is 5.26. The lowest BCUT2D eigenvalue weighted by molar-refractivity contribution is 0.102. The van der Waals surface area contributed by atoms with E-state index in [2.05, 4.69) is 5.32 Å². The number of nitrogens with zero attached hydrogens (tertiary/aromatic N) is 1. The highest BCUT2D eigenvalue weighted by atomic mass is 16.5. The quantitative estimate of drug-likeness (QED) is 0.725. The van der Waals surface area contributed by atoms with Gasteiger partial charge in [0.15, 0.2) is 0 Å². The van der Waals surface area contributed by atoms with Crippen molar-refractivity contribution in [3.63, 3.8) is 0 Å². The Balaban J connectivity index is 1.91. The zero-order valence-electron chi connectivity index (χ0n) is 14.7. The van der Waals surface area contributed by atoms with Crippen LogP contribution in [-0.2, 0) is 0 Å². The number of ether oxygens (including phenoxy) is 1. The Hall–Kier alpha value is -3.62. The molecule has 5 heteroatoms. The average Bonchev–Trinajstić information content (AvgIpc) is 2.73. The molecular formula is C22H18N2O3. The van der Waals surface area contributed by atoms with E-state index in [1.165, 1.54) is 7.11 Å². The van der Waals surface area contributed by atoms with Gasteiger partial charge in [0.05, 0.1) is 24.4 Å². The Morgan fingerprint density at radius 3 is 2.41 bits per heavy atom. The minimum atomic E-state index is -0.989. The summed E-state index contributed by atoms with van der Waals surface area (Å²) in [5.74, 6) is 0.207. The van der Waals surface area contributed by atoms with E-state index >= 15 is 0 Å². The lowest BCUT2D eigenvalue weighted by Crippen LogP contribution is -2.16. The summed E-state index contributed by atoms with van der Waals surface area (Å²) in [5, 5.41) is 22.5. The van der Waals surface area contributed by atoms with Gasteiger partial charge < -0.3 is 15.2 Å². The van der Waals surface area contributed by atoms with Crippen LogP contribution in [0, 0.1) is 11.3 Å². The van der Waals surface area contributed by atoms with Gasteiger partial charge in [-0.05, 0) is 41.5 Å². The molecule has 3 rings (SSSR count). The van der Waals surface area contributed by atoms with Crippen molar-refractivity contribution in [2.75, 3.05) is 12.4 Å².